The van der Waals surface area contributed by atoms with Crippen LogP contribution in [0.2, 0.25) is 0 Å². The van der Waals surface area contributed by atoms with Gasteiger partial charge in [-0.25, -0.2) is 4.79 Å². The molecule has 4 unspecified atom stereocenters. The van der Waals surface area contributed by atoms with E-state index in [9.17, 15) is 14.4 Å². The van der Waals surface area contributed by atoms with Gasteiger partial charge in [0.25, 0.3) is 0 Å². The molecule has 3 amide bonds. The molecule has 7 nitrogen and oxygen atoms in total. The van der Waals surface area contributed by atoms with Crippen LogP contribution in [0.15, 0.2) is 24.3 Å². The number of carbonyl (C=O) groups excluding carboxylic acids is 3. The van der Waals surface area contributed by atoms with Gasteiger partial charge in [0.1, 0.15) is 17.7 Å². The summed E-state index contributed by atoms with van der Waals surface area (Å²) in [7, 11) is 0. The molecule has 40 heavy (non-hydrogen) atoms. The summed E-state index contributed by atoms with van der Waals surface area (Å²) in [5, 5.41) is 5.94. The summed E-state index contributed by atoms with van der Waals surface area (Å²) in [5.74, 6) is 1.93. The highest BCUT2D eigenvalue weighted by Crippen LogP contribution is 2.28. The Morgan fingerprint density at radius 1 is 0.975 bits per heavy atom. The number of ether oxygens (including phenoxy) is 1. The van der Waals surface area contributed by atoms with Gasteiger partial charge in [-0.1, -0.05) is 90.3 Å². The minimum atomic E-state index is -0.933. The van der Waals surface area contributed by atoms with Crippen molar-refractivity contribution in [3.63, 3.8) is 0 Å². The van der Waals surface area contributed by atoms with Crippen molar-refractivity contribution in [3.05, 3.63) is 35.4 Å². The molecule has 0 aromatic heterocycles. The van der Waals surface area contributed by atoms with Crippen LogP contribution >= 0.6 is 0 Å². The minimum absolute atomic E-state index is 0.0650. The maximum Gasteiger partial charge on any atom is 0.408 e. The smallest absolute Gasteiger partial charge is 0.408 e. The third-order valence-corrected chi connectivity index (χ3v) is 7.02. The van der Waals surface area contributed by atoms with Gasteiger partial charge < -0.3 is 20.3 Å². The quantitative estimate of drug-likeness (QED) is 0.174. The third-order valence-electron chi connectivity index (χ3n) is 7.02. The van der Waals surface area contributed by atoms with Crippen LogP contribution in [-0.4, -0.2) is 47.0 Å². The van der Waals surface area contributed by atoms with Crippen molar-refractivity contribution in [3.8, 4) is 12.3 Å². The molecule has 224 valence electrons. The first-order valence-electron chi connectivity index (χ1n) is 15.1. The van der Waals surface area contributed by atoms with Gasteiger partial charge in [0.05, 0.1) is 0 Å². The molecule has 7 heteroatoms. The summed E-state index contributed by atoms with van der Waals surface area (Å²) >= 11 is 0. The van der Waals surface area contributed by atoms with Gasteiger partial charge in [0.15, 0.2) is 0 Å². The molecule has 0 heterocycles. The Labute approximate surface area is 243 Å². The summed E-state index contributed by atoms with van der Waals surface area (Å²) in [6.07, 6.45) is 12.5. The molecule has 0 aliphatic carbocycles. The predicted molar refractivity (Wildman–Crippen MR) is 163 cm³/mol. The Hall–Kier alpha value is -3.01. The van der Waals surface area contributed by atoms with E-state index in [4.69, 9.17) is 11.2 Å². The summed E-state index contributed by atoms with van der Waals surface area (Å²) in [6.45, 7) is 15.8. The summed E-state index contributed by atoms with van der Waals surface area (Å²) < 4.78 is 5.50. The van der Waals surface area contributed by atoms with Crippen LogP contribution in [-0.2, 0) is 14.3 Å². The lowest BCUT2D eigenvalue weighted by Gasteiger charge is -2.37. The van der Waals surface area contributed by atoms with E-state index in [1.807, 2.05) is 39.0 Å². The maximum atomic E-state index is 14.4. The molecular formula is C33H53N3O4. The molecule has 0 radical (unpaired) electrons. The fraction of sp³-hybridized carbons (Fsp3) is 0.667. The highest BCUT2D eigenvalue weighted by atomic mass is 16.6. The van der Waals surface area contributed by atoms with Gasteiger partial charge in [-0.05, 0) is 58.1 Å². The van der Waals surface area contributed by atoms with Crippen LogP contribution in [0.1, 0.15) is 124 Å². The number of benzene rings is 1. The third kappa shape index (κ3) is 11.6. The van der Waals surface area contributed by atoms with Crippen molar-refractivity contribution in [2.75, 3.05) is 6.54 Å². The summed E-state index contributed by atoms with van der Waals surface area (Å²) in [4.78, 5) is 42.8. The lowest BCUT2D eigenvalue weighted by atomic mass is 9.93. The Morgan fingerprint density at radius 3 is 2.20 bits per heavy atom. The SMILES string of the molecule is C#Cc1ccccc1C(C(=O)NC(C)CCC)N(CCCCCCC)C(=O)C(NC(=O)OC(C)(C)C)C(C)CC. The highest BCUT2D eigenvalue weighted by molar-refractivity contribution is 5.92. The molecule has 1 aromatic rings. The number of hydrogen-bond donors (Lipinski definition) is 2. The molecule has 0 spiro atoms. The number of amides is 3. The fourth-order valence-corrected chi connectivity index (χ4v) is 4.69. The second kappa shape index (κ2) is 17.6. The van der Waals surface area contributed by atoms with Crippen LogP contribution in [0, 0.1) is 18.3 Å². The number of rotatable bonds is 16. The van der Waals surface area contributed by atoms with Gasteiger partial charge in [0.2, 0.25) is 11.8 Å². The Bertz CT molecular complexity index is 979. The zero-order valence-electron chi connectivity index (χ0n) is 26.1. The maximum absolute atomic E-state index is 14.4. The van der Waals surface area contributed by atoms with Crippen molar-refractivity contribution in [1.29, 1.82) is 0 Å². The van der Waals surface area contributed by atoms with E-state index < -0.39 is 23.8 Å². The van der Waals surface area contributed by atoms with Gasteiger partial charge >= 0.3 is 6.09 Å². The van der Waals surface area contributed by atoms with Gasteiger partial charge in [0, 0.05) is 18.2 Å². The molecule has 0 aliphatic rings. The van der Waals surface area contributed by atoms with Crippen molar-refractivity contribution in [2.45, 2.75) is 130 Å². The molecular weight excluding hydrogens is 502 g/mol. The molecule has 0 aliphatic heterocycles. The lowest BCUT2D eigenvalue weighted by molar-refractivity contribution is -0.143. The van der Waals surface area contributed by atoms with Crippen molar-refractivity contribution >= 4 is 17.9 Å². The molecule has 0 saturated heterocycles. The molecule has 1 rings (SSSR count). The van der Waals surface area contributed by atoms with E-state index in [0.29, 0.717) is 24.1 Å². The monoisotopic (exact) mass is 555 g/mol. The molecule has 4 atom stereocenters. The van der Waals surface area contributed by atoms with Crippen molar-refractivity contribution < 1.29 is 19.1 Å². The van der Waals surface area contributed by atoms with Crippen molar-refractivity contribution in [2.24, 2.45) is 5.92 Å². The minimum Gasteiger partial charge on any atom is -0.444 e. The number of unbranched alkanes of at least 4 members (excludes halogenated alkanes) is 4. The number of hydrogen-bond acceptors (Lipinski definition) is 4. The van der Waals surface area contributed by atoms with E-state index in [1.54, 1.807) is 31.7 Å². The first-order valence-corrected chi connectivity index (χ1v) is 15.1. The topological polar surface area (TPSA) is 87.7 Å². The van der Waals surface area contributed by atoms with Crippen LogP contribution in [0.25, 0.3) is 0 Å². The Morgan fingerprint density at radius 2 is 1.62 bits per heavy atom. The molecule has 0 bridgehead atoms. The van der Waals surface area contributed by atoms with E-state index in [0.717, 1.165) is 44.9 Å². The van der Waals surface area contributed by atoms with Crippen LogP contribution < -0.4 is 10.6 Å². The van der Waals surface area contributed by atoms with E-state index in [-0.39, 0.29) is 23.8 Å². The second-order valence-corrected chi connectivity index (χ2v) is 11.8. The average Bonchev–Trinajstić information content (AvgIpc) is 2.89. The molecule has 0 fully saturated rings. The van der Waals surface area contributed by atoms with Crippen LogP contribution in [0.4, 0.5) is 4.79 Å². The van der Waals surface area contributed by atoms with Crippen LogP contribution in [0.3, 0.4) is 0 Å². The first kappa shape index (κ1) is 35.0. The van der Waals surface area contributed by atoms with Gasteiger partial charge in [-0.3, -0.25) is 9.59 Å². The largest absolute Gasteiger partial charge is 0.444 e. The van der Waals surface area contributed by atoms with E-state index in [2.05, 4.69) is 30.4 Å². The normalized spacial score (nSPS) is 14.3. The zero-order valence-corrected chi connectivity index (χ0v) is 26.1. The molecule has 0 saturated carbocycles. The van der Waals surface area contributed by atoms with Crippen LogP contribution in [0.5, 0.6) is 0 Å². The second-order valence-electron chi connectivity index (χ2n) is 11.8. The van der Waals surface area contributed by atoms with Gasteiger partial charge in [-0.15, -0.1) is 6.42 Å². The van der Waals surface area contributed by atoms with Crippen molar-refractivity contribution in [1.82, 2.24) is 15.5 Å². The first-order chi connectivity index (χ1) is 18.9. The average molecular weight is 556 g/mol. The predicted octanol–water partition coefficient (Wildman–Crippen LogP) is 6.75. The number of nitrogens with one attached hydrogen (secondary N) is 2. The van der Waals surface area contributed by atoms with E-state index in [1.165, 1.54) is 0 Å². The Balaban J connectivity index is 3.61. The lowest BCUT2D eigenvalue weighted by Crippen LogP contribution is -2.56. The van der Waals surface area contributed by atoms with Gasteiger partial charge in [-0.2, -0.15) is 0 Å². The number of terminal acetylenes is 1. The Kier molecular flexibility index (Phi) is 15.4. The number of alkyl carbamates (subject to hydrolysis) is 1. The summed E-state index contributed by atoms with van der Waals surface area (Å²) in [5.41, 5.74) is 0.457. The molecule has 2 N–H and O–H groups in total. The number of nitrogens with zero attached hydrogens (tertiary/aromatic N) is 1. The fourth-order valence-electron chi connectivity index (χ4n) is 4.69. The number of carbonyl (C=O) groups is 3. The van der Waals surface area contributed by atoms with E-state index >= 15 is 0 Å². The summed E-state index contributed by atoms with van der Waals surface area (Å²) in [6, 6.07) is 5.41. The molecule has 1 aromatic carbocycles. The zero-order chi connectivity index (χ0) is 30.3. The highest BCUT2D eigenvalue weighted by Gasteiger charge is 2.38. The standard InChI is InChI=1S/C33H53N3O4/c1-10-14-15-16-19-23-36(31(38)28(24(5)12-3)35-32(39)40-33(7,8)9)29(30(37)34-25(6)20-11-2)27-22-18-17-21-26(27)13-4/h4,17-18,21-22,24-25,28-29H,10-12,14-16,19-20,23H2,1-3,5-9H3,(H,34,37)(H,35,39).